The fourth-order valence-electron chi connectivity index (χ4n) is 4.02. The molecule has 0 saturated heterocycles. The highest BCUT2D eigenvalue weighted by atomic mass is 35.5. The van der Waals surface area contributed by atoms with Crippen LogP contribution in [-0.4, -0.2) is 46.1 Å². The van der Waals surface area contributed by atoms with Crippen molar-refractivity contribution in [1.29, 1.82) is 5.26 Å². The summed E-state index contributed by atoms with van der Waals surface area (Å²) in [5.41, 5.74) is 1.14. The zero-order chi connectivity index (χ0) is 29.5. The van der Waals surface area contributed by atoms with Gasteiger partial charge in [-0.25, -0.2) is 4.79 Å². The number of amides is 3. The summed E-state index contributed by atoms with van der Waals surface area (Å²) in [6.45, 7) is 11.9. The molecule has 3 amide bonds. The molecule has 2 aromatic rings. The van der Waals surface area contributed by atoms with Crippen LogP contribution in [0.1, 0.15) is 63.8 Å². The summed E-state index contributed by atoms with van der Waals surface area (Å²) in [7, 11) is 0. The number of nitrogens with one attached hydrogen (secondary N) is 2. The van der Waals surface area contributed by atoms with Crippen LogP contribution in [-0.2, 0) is 14.3 Å². The number of rotatable bonds is 9. The monoisotopic (exact) mass is 556 g/mol. The number of ether oxygens (including phenoxy) is 1. The Morgan fingerprint density at radius 3 is 2.33 bits per heavy atom. The molecule has 39 heavy (non-hydrogen) atoms. The first-order chi connectivity index (χ1) is 18.1. The van der Waals surface area contributed by atoms with Gasteiger partial charge < -0.3 is 25.4 Å². The minimum Gasteiger partial charge on any atom is -0.508 e. The van der Waals surface area contributed by atoms with Crippen LogP contribution in [0.4, 0.5) is 10.5 Å². The number of alkyl carbamates (subject to hydrolysis) is 1. The number of hydrogen-bond donors (Lipinski definition) is 3. The molecule has 9 nitrogen and oxygen atoms in total. The second-order valence-electron chi connectivity index (χ2n) is 10.8. The lowest BCUT2D eigenvalue weighted by molar-refractivity contribution is -0.140. The molecular weight excluding hydrogens is 520 g/mol. The van der Waals surface area contributed by atoms with Crippen molar-refractivity contribution in [1.82, 2.24) is 10.2 Å². The van der Waals surface area contributed by atoms with Crippen molar-refractivity contribution in [3.05, 3.63) is 58.1 Å². The van der Waals surface area contributed by atoms with E-state index in [1.54, 1.807) is 58.9 Å². The number of halogens is 1. The standard InChI is InChI=1S/C29H37ClN4O5/c1-17(2)15-22(32-28(38)39-29(5,6)7)27(37)34(14-13-31)25(20-11-12-23(35)19(4)16-20)26(36)33-24-18(3)9-8-10-21(24)30/h8-12,16-17,22,25,35H,14-15H2,1-7H3,(H,32,38)(H,33,36). The molecule has 0 saturated carbocycles. The second-order valence-corrected chi connectivity index (χ2v) is 11.2. The Morgan fingerprint density at radius 1 is 1.13 bits per heavy atom. The number of carbonyl (C=O) groups excluding carboxylic acids is 3. The molecular formula is C29H37ClN4O5. The third kappa shape index (κ3) is 8.89. The Bertz CT molecular complexity index is 1230. The van der Waals surface area contributed by atoms with E-state index in [0.717, 1.165) is 4.90 Å². The maximum atomic E-state index is 14.0. The van der Waals surface area contributed by atoms with E-state index in [-0.39, 0.29) is 18.1 Å². The number of aryl methyl sites for hydroxylation is 2. The van der Waals surface area contributed by atoms with E-state index >= 15 is 0 Å². The summed E-state index contributed by atoms with van der Waals surface area (Å²) >= 11 is 6.35. The molecule has 2 atom stereocenters. The van der Waals surface area contributed by atoms with Crippen molar-refractivity contribution >= 4 is 35.2 Å². The van der Waals surface area contributed by atoms with Crippen LogP contribution in [0, 0.1) is 31.1 Å². The van der Waals surface area contributed by atoms with Crippen molar-refractivity contribution in [2.45, 2.75) is 72.6 Å². The fraction of sp³-hybridized carbons (Fsp3) is 0.448. The van der Waals surface area contributed by atoms with Crippen LogP contribution in [0.5, 0.6) is 5.75 Å². The highest BCUT2D eigenvalue weighted by molar-refractivity contribution is 6.34. The third-order valence-electron chi connectivity index (χ3n) is 5.79. The van der Waals surface area contributed by atoms with Crippen LogP contribution in [0.25, 0.3) is 0 Å². The summed E-state index contributed by atoms with van der Waals surface area (Å²) in [4.78, 5) is 41.6. The van der Waals surface area contributed by atoms with E-state index in [4.69, 9.17) is 16.3 Å². The number of benzene rings is 2. The molecule has 0 aliphatic rings. The van der Waals surface area contributed by atoms with E-state index in [9.17, 15) is 24.8 Å². The number of nitrogens with zero attached hydrogens (tertiary/aromatic N) is 2. The van der Waals surface area contributed by atoms with Crippen LogP contribution >= 0.6 is 11.6 Å². The van der Waals surface area contributed by atoms with Gasteiger partial charge in [-0.2, -0.15) is 5.26 Å². The molecule has 0 aliphatic heterocycles. The minimum atomic E-state index is -1.28. The molecule has 2 aromatic carbocycles. The Balaban J connectivity index is 2.59. The molecule has 210 valence electrons. The van der Waals surface area contributed by atoms with Gasteiger partial charge in [0.2, 0.25) is 5.91 Å². The van der Waals surface area contributed by atoms with Gasteiger partial charge in [0.1, 0.15) is 30.0 Å². The molecule has 3 N–H and O–H groups in total. The number of phenols is 1. The predicted octanol–water partition coefficient (Wildman–Crippen LogP) is 5.63. The predicted molar refractivity (Wildman–Crippen MR) is 150 cm³/mol. The molecule has 0 heterocycles. The van der Waals surface area contributed by atoms with Gasteiger partial charge in [-0.3, -0.25) is 9.59 Å². The number of hydrogen-bond acceptors (Lipinski definition) is 6. The number of carbonyl (C=O) groups is 3. The average molecular weight is 557 g/mol. The Labute approximate surface area is 235 Å². The summed E-state index contributed by atoms with van der Waals surface area (Å²) in [6.07, 6.45) is -0.543. The first kappa shape index (κ1) is 31.4. The molecule has 2 rings (SSSR count). The molecule has 0 aromatic heterocycles. The van der Waals surface area contributed by atoms with Gasteiger partial charge in [0, 0.05) is 0 Å². The quantitative estimate of drug-likeness (QED) is 0.343. The lowest BCUT2D eigenvalue weighted by atomic mass is 9.98. The Kier molecular flexibility index (Phi) is 10.8. The van der Waals surface area contributed by atoms with Gasteiger partial charge in [0.05, 0.1) is 16.8 Å². The van der Waals surface area contributed by atoms with Crippen molar-refractivity contribution < 1.29 is 24.2 Å². The summed E-state index contributed by atoms with van der Waals surface area (Å²) < 4.78 is 5.36. The van der Waals surface area contributed by atoms with E-state index in [1.165, 1.54) is 12.1 Å². The minimum absolute atomic E-state index is 0.00760. The summed E-state index contributed by atoms with van der Waals surface area (Å²) in [5, 5.41) is 25.5. The van der Waals surface area contributed by atoms with E-state index in [1.807, 2.05) is 19.9 Å². The van der Waals surface area contributed by atoms with Crippen molar-refractivity contribution in [2.75, 3.05) is 11.9 Å². The number of para-hydroxylation sites is 1. The lowest BCUT2D eigenvalue weighted by Crippen LogP contribution is -2.53. The van der Waals surface area contributed by atoms with Crippen LogP contribution in [0.3, 0.4) is 0 Å². The smallest absolute Gasteiger partial charge is 0.408 e. The molecule has 10 heteroatoms. The van der Waals surface area contributed by atoms with Gasteiger partial charge >= 0.3 is 6.09 Å². The number of anilines is 1. The lowest BCUT2D eigenvalue weighted by Gasteiger charge is -2.33. The second kappa shape index (κ2) is 13.3. The van der Waals surface area contributed by atoms with Crippen LogP contribution in [0.2, 0.25) is 5.02 Å². The fourth-order valence-corrected chi connectivity index (χ4v) is 4.29. The molecule has 0 radical (unpaired) electrons. The van der Waals surface area contributed by atoms with E-state index in [0.29, 0.717) is 27.4 Å². The molecule has 0 spiro atoms. The topological polar surface area (TPSA) is 132 Å². The van der Waals surface area contributed by atoms with Crippen LogP contribution < -0.4 is 10.6 Å². The molecule has 0 fully saturated rings. The van der Waals surface area contributed by atoms with E-state index in [2.05, 4.69) is 10.6 Å². The molecule has 0 aliphatic carbocycles. The molecule has 2 unspecified atom stereocenters. The van der Waals surface area contributed by atoms with Crippen molar-refractivity contribution in [3.63, 3.8) is 0 Å². The largest absolute Gasteiger partial charge is 0.508 e. The summed E-state index contributed by atoms with van der Waals surface area (Å²) in [6, 6.07) is 9.31. The first-order valence-corrected chi connectivity index (χ1v) is 13.0. The average Bonchev–Trinajstić information content (AvgIpc) is 2.81. The third-order valence-corrected chi connectivity index (χ3v) is 6.10. The zero-order valence-electron chi connectivity index (χ0n) is 23.5. The van der Waals surface area contributed by atoms with Crippen molar-refractivity contribution in [2.24, 2.45) is 5.92 Å². The highest BCUT2D eigenvalue weighted by Crippen LogP contribution is 2.31. The summed E-state index contributed by atoms with van der Waals surface area (Å²) in [5.74, 6) is -1.23. The Hall–Kier alpha value is -3.77. The van der Waals surface area contributed by atoms with Gasteiger partial charge in [0.25, 0.3) is 5.91 Å². The number of aromatic hydroxyl groups is 1. The SMILES string of the molecule is Cc1cc(C(C(=O)Nc2c(C)cccc2Cl)N(CC#N)C(=O)C(CC(C)C)NC(=O)OC(C)(C)C)ccc1O. The van der Waals surface area contributed by atoms with Gasteiger partial charge in [-0.15, -0.1) is 0 Å². The van der Waals surface area contributed by atoms with Crippen molar-refractivity contribution in [3.8, 4) is 11.8 Å². The maximum absolute atomic E-state index is 14.0. The van der Waals surface area contributed by atoms with Gasteiger partial charge in [0.15, 0.2) is 0 Å². The highest BCUT2D eigenvalue weighted by Gasteiger charge is 2.37. The Morgan fingerprint density at radius 2 is 1.79 bits per heavy atom. The van der Waals surface area contributed by atoms with E-state index < -0.39 is 42.1 Å². The van der Waals surface area contributed by atoms with Crippen LogP contribution in [0.15, 0.2) is 36.4 Å². The maximum Gasteiger partial charge on any atom is 0.408 e. The van der Waals surface area contributed by atoms with Gasteiger partial charge in [-0.1, -0.05) is 43.6 Å². The molecule has 0 bridgehead atoms. The van der Waals surface area contributed by atoms with Gasteiger partial charge in [-0.05, 0) is 81.8 Å². The normalized spacial score (nSPS) is 12.7. The number of phenolic OH excluding ortho intramolecular Hbond substituents is 1. The number of nitriles is 1. The first-order valence-electron chi connectivity index (χ1n) is 12.7. The zero-order valence-corrected chi connectivity index (χ0v) is 24.2.